The molecule has 1 aromatic rings. The van der Waals surface area contributed by atoms with Crippen LogP contribution in [0.15, 0.2) is 24.3 Å². The van der Waals surface area contributed by atoms with Crippen molar-refractivity contribution in [3.05, 3.63) is 29.8 Å². The molecule has 0 radical (unpaired) electrons. The minimum Gasteiger partial charge on any atom is -0.478 e. The van der Waals surface area contributed by atoms with Gasteiger partial charge in [-0.15, -0.1) is 0 Å². The van der Waals surface area contributed by atoms with Gasteiger partial charge in [0.15, 0.2) is 0 Å². The van der Waals surface area contributed by atoms with Crippen LogP contribution in [0.5, 0.6) is 0 Å². The van der Waals surface area contributed by atoms with E-state index in [1.54, 1.807) is 24.3 Å². The van der Waals surface area contributed by atoms with Crippen LogP contribution in [0.2, 0.25) is 0 Å². The molecule has 0 amide bonds. The molecule has 0 spiro atoms. The quantitative estimate of drug-likeness (QED) is 0.611. The van der Waals surface area contributed by atoms with Crippen LogP contribution in [0.25, 0.3) is 0 Å². The van der Waals surface area contributed by atoms with Gasteiger partial charge in [0.1, 0.15) is 0 Å². The molecular formula is C9H12N2O2. The summed E-state index contributed by atoms with van der Waals surface area (Å²) in [4.78, 5) is 10.6. The summed E-state index contributed by atoms with van der Waals surface area (Å²) in [7, 11) is 0. The Kier molecular flexibility index (Phi) is 3.28. The van der Waals surface area contributed by atoms with Crippen LogP contribution in [0.3, 0.4) is 0 Å². The summed E-state index contributed by atoms with van der Waals surface area (Å²) >= 11 is 0. The van der Waals surface area contributed by atoms with E-state index in [2.05, 4.69) is 10.9 Å². The second-order valence-corrected chi connectivity index (χ2v) is 2.54. The number of nitrogens with one attached hydrogen (secondary N) is 2. The fraction of sp³-hybridized carbons (Fsp3) is 0.222. The zero-order valence-corrected chi connectivity index (χ0v) is 7.37. The zero-order chi connectivity index (χ0) is 9.68. The molecule has 3 N–H and O–H groups in total. The maximum absolute atomic E-state index is 10.6. The lowest BCUT2D eigenvalue weighted by molar-refractivity contribution is 0.0697. The molecule has 0 bridgehead atoms. The first-order valence-corrected chi connectivity index (χ1v) is 4.06. The van der Waals surface area contributed by atoms with Crippen LogP contribution in [0.4, 0.5) is 5.69 Å². The number of carboxylic acids is 1. The van der Waals surface area contributed by atoms with Crippen LogP contribution in [-0.4, -0.2) is 17.6 Å². The molecule has 0 saturated heterocycles. The Morgan fingerprint density at radius 1 is 1.54 bits per heavy atom. The number of anilines is 1. The number of carbonyl (C=O) groups is 1. The van der Waals surface area contributed by atoms with Gasteiger partial charge in [-0.1, -0.05) is 13.0 Å². The van der Waals surface area contributed by atoms with E-state index in [-0.39, 0.29) is 5.56 Å². The predicted molar refractivity (Wildman–Crippen MR) is 50.7 cm³/mol. The Balaban J connectivity index is 2.73. The van der Waals surface area contributed by atoms with Crippen LogP contribution in [0.1, 0.15) is 17.3 Å². The zero-order valence-electron chi connectivity index (χ0n) is 7.37. The van der Waals surface area contributed by atoms with Gasteiger partial charge in [0.25, 0.3) is 0 Å². The summed E-state index contributed by atoms with van der Waals surface area (Å²) in [6.45, 7) is 2.73. The van der Waals surface area contributed by atoms with Gasteiger partial charge in [0.2, 0.25) is 0 Å². The van der Waals surface area contributed by atoms with E-state index < -0.39 is 5.97 Å². The van der Waals surface area contributed by atoms with Crippen molar-refractivity contribution < 1.29 is 9.90 Å². The summed E-state index contributed by atoms with van der Waals surface area (Å²) in [5, 5.41) is 8.69. The number of aromatic carboxylic acids is 1. The van der Waals surface area contributed by atoms with Gasteiger partial charge in [-0.05, 0) is 18.2 Å². The van der Waals surface area contributed by atoms with Crippen molar-refractivity contribution in [2.75, 3.05) is 12.0 Å². The number of hydrazine groups is 1. The molecular weight excluding hydrogens is 168 g/mol. The van der Waals surface area contributed by atoms with Crippen molar-refractivity contribution in [2.24, 2.45) is 0 Å². The van der Waals surface area contributed by atoms with Crippen LogP contribution in [0, 0.1) is 0 Å². The van der Waals surface area contributed by atoms with E-state index in [0.717, 1.165) is 12.2 Å². The second-order valence-electron chi connectivity index (χ2n) is 2.54. The van der Waals surface area contributed by atoms with Crippen molar-refractivity contribution in [3.63, 3.8) is 0 Å². The van der Waals surface area contributed by atoms with E-state index in [0.29, 0.717) is 0 Å². The molecule has 0 atom stereocenters. The molecule has 13 heavy (non-hydrogen) atoms. The molecule has 0 aromatic heterocycles. The second kappa shape index (κ2) is 4.47. The van der Waals surface area contributed by atoms with E-state index in [1.165, 1.54) is 0 Å². The van der Waals surface area contributed by atoms with Crippen LogP contribution < -0.4 is 10.9 Å². The lowest BCUT2D eigenvalue weighted by atomic mass is 10.2. The third-order valence-corrected chi connectivity index (χ3v) is 1.52. The molecule has 0 aliphatic carbocycles. The number of carboxylic acid groups (broad SMARTS) is 1. The highest BCUT2D eigenvalue weighted by atomic mass is 16.4. The minimum atomic E-state index is -0.917. The van der Waals surface area contributed by atoms with E-state index in [4.69, 9.17) is 5.11 Å². The molecule has 70 valence electrons. The SMILES string of the molecule is CCNNc1cccc(C(=O)O)c1. The number of benzene rings is 1. The molecule has 0 aliphatic rings. The van der Waals surface area contributed by atoms with Gasteiger partial charge in [-0.25, -0.2) is 10.2 Å². The molecule has 0 unspecified atom stereocenters. The van der Waals surface area contributed by atoms with Crippen molar-refractivity contribution >= 4 is 11.7 Å². The smallest absolute Gasteiger partial charge is 0.335 e. The standard InChI is InChI=1S/C9H12N2O2/c1-2-10-11-8-5-3-4-7(6-8)9(12)13/h3-6,10-11H,2H2,1H3,(H,12,13). The van der Waals surface area contributed by atoms with E-state index in [1.807, 2.05) is 6.92 Å². The van der Waals surface area contributed by atoms with Gasteiger partial charge in [-0.2, -0.15) is 0 Å². The topological polar surface area (TPSA) is 61.4 Å². The Morgan fingerprint density at radius 3 is 2.92 bits per heavy atom. The average Bonchev–Trinajstić information content (AvgIpc) is 2.15. The number of hydrogen-bond acceptors (Lipinski definition) is 3. The highest BCUT2D eigenvalue weighted by Crippen LogP contribution is 2.08. The monoisotopic (exact) mass is 180 g/mol. The molecule has 0 fully saturated rings. The maximum atomic E-state index is 10.6. The van der Waals surface area contributed by atoms with Gasteiger partial charge >= 0.3 is 5.97 Å². The van der Waals surface area contributed by atoms with Gasteiger partial charge in [-0.3, -0.25) is 0 Å². The van der Waals surface area contributed by atoms with E-state index >= 15 is 0 Å². The molecule has 4 nitrogen and oxygen atoms in total. The minimum absolute atomic E-state index is 0.280. The molecule has 0 heterocycles. The van der Waals surface area contributed by atoms with Gasteiger partial charge in [0, 0.05) is 12.2 Å². The lowest BCUT2D eigenvalue weighted by Crippen LogP contribution is -2.20. The molecule has 0 aliphatic heterocycles. The molecule has 1 rings (SSSR count). The van der Waals surface area contributed by atoms with Crippen molar-refractivity contribution in [1.29, 1.82) is 0 Å². The highest BCUT2D eigenvalue weighted by Gasteiger charge is 2.01. The Hall–Kier alpha value is -1.55. The molecule has 1 aromatic carbocycles. The first kappa shape index (κ1) is 9.54. The van der Waals surface area contributed by atoms with Crippen LogP contribution >= 0.6 is 0 Å². The maximum Gasteiger partial charge on any atom is 0.335 e. The van der Waals surface area contributed by atoms with Crippen molar-refractivity contribution in [1.82, 2.24) is 5.43 Å². The van der Waals surface area contributed by atoms with Crippen molar-refractivity contribution in [2.45, 2.75) is 6.92 Å². The van der Waals surface area contributed by atoms with Gasteiger partial charge < -0.3 is 10.5 Å². The summed E-state index contributed by atoms with van der Waals surface area (Å²) in [5.41, 5.74) is 6.80. The number of hydrogen-bond donors (Lipinski definition) is 3. The number of rotatable bonds is 4. The fourth-order valence-electron chi connectivity index (χ4n) is 0.920. The Bertz CT molecular complexity index is 299. The van der Waals surface area contributed by atoms with Crippen LogP contribution in [-0.2, 0) is 0 Å². The normalized spacial score (nSPS) is 9.62. The first-order valence-electron chi connectivity index (χ1n) is 4.06. The average molecular weight is 180 g/mol. The van der Waals surface area contributed by atoms with Gasteiger partial charge in [0.05, 0.1) is 5.56 Å². The fourth-order valence-corrected chi connectivity index (χ4v) is 0.920. The lowest BCUT2D eigenvalue weighted by Gasteiger charge is -2.06. The molecule has 4 heteroatoms. The summed E-state index contributed by atoms with van der Waals surface area (Å²) in [6, 6.07) is 6.63. The third-order valence-electron chi connectivity index (χ3n) is 1.52. The Labute approximate surface area is 76.6 Å². The molecule has 0 saturated carbocycles. The summed E-state index contributed by atoms with van der Waals surface area (Å²) in [5.74, 6) is -0.917. The highest BCUT2D eigenvalue weighted by molar-refractivity contribution is 5.88. The Morgan fingerprint density at radius 2 is 2.31 bits per heavy atom. The third kappa shape index (κ3) is 2.76. The first-order chi connectivity index (χ1) is 6.24. The van der Waals surface area contributed by atoms with Crippen molar-refractivity contribution in [3.8, 4) is 0 Å². The summed E-state index contributed by atoms with van der Waals surface area (Å²) < 4.78 is 0. The predicted octanol–water partition coefficient (Wildman–Crippen LogP) is 1.32. The largest absolute Gasteiger partial charge is 0.478 e. The summed E-state index contributed by atoms with van der Waals surface area (Å²) in [6.07, 6.45) is 0. The van der Waals surface area contributed by atoms with E-state index in [9.17, 15) is 4.79 Å².